The quantitative estimate of drug-likeness (QED) is 0.909. The first-order valence-corrected chi connectivity index (χ1v) is 8.11. The maximum absolute atomic E-state index is 13.0. The van der Waals surface area contributed by atoms with Gasteiger partial charge in [-0.1, -0.05) is 24.3 Å². The molecule has 1 aliphatic rings. The third-order valence-corrected chi connectivity index (χ3v) is 4.12. The number of halogens is 1. The Hall–Kier alpha value is -2.89. The zero-order valence-corrected chi connectivity index (χ0v) is 13.9. The molecule has 2 amide bonds. The molecule has 0 saturated carbocycles. The predicted octanol–water partition coefficient (Wildman–Crippen LogP) is 2.82. The van der Waals surface area contributed by atoms with Crippen molar-refractivity contribution in [1.82, 2.24) is 5.32 Å². The first-order valence-electron chi connectivity index (χ1n) is 8.11. The number of rotatable bonds is 5. The van der Waals surface area contributed by atoms with Gasteiger partial charge < -0.3 is 15.0 Å². The van der Waals surface area contributed by atoms with E-state index in [4.69, 9.17) is 4.74 Å². The SMILES string of the molecule is C[C@H](NC(=O)CCN1C(=O)COc2ccccc21)c1ccc(F)cc1. The van der Waals surface area contributed by atoms with Crippen molar-refractivity contribution in [2.45, 2.75) is 19.4 Å². The molecule has 0 radical (unpaired) electrons. The Morgan fingerprint density at radius 3 is 2.72 bits per heavy atom. The van der Waals surface area contributed by atoms with E-state index < -0.39 is 0 Å². The Kier molecular flexibility index (Phi) is 4.97. The first-order chi connectivity index (χ1) is 12.0. The molecule has 1 heterocycles. The smallest absolute Gasteiger partial charge is 0.265 e. The Labute approximate surface area is 145 Å². The Morgan fingerprint density at radius 2 is 1.96 bits per heavy atom. The van der Waals surface area contributed by atoms with Gasteiger partial charge in [0.05, 0.1) is 11.7 Å². The molecule has 1 aliphatic heterocycles. The van der Waals surface area contributed by atoms with E-state index >= 15 is 0 Å². The Bertz CT molecular complexity index is 776. The van der Waals surface area contributed by atoms with Crippen LogP contribution < -0.4 is 15.0 Å². The van der Waals surface area contributed by atoms with E-state index in [-0.39, 0.29) is 43.2 Å². The van der Waals surface area contributed by atoms with E-state index in [0.717, 1.165) is 5.56 Å². The van der Waals surface area contributed by atoms with Gasteiger partial charge in [-0.05, 0) is 36.8 Å². The average molecular weight is 342 g/mol. The molecule has 2 aromatic rings. The van der Waals surface area contributed by atoms with Gasteiger partial charge in [-0.2, -0.15) is 0 Å². The number of nitrogens with one attached hydrogen (secondary N) is 1. The van der Waals surface area contributed by atoms with Crippen molar-refractivity contribution >= 4 is 17.5 Å². The van der Waals surface area contributed by atoms with Crippen LogP contribution >= 0.6 is 0 Å². The zero-order chi connectivity index (χ0) is 17.8. The highest BCUT2D eigenvalue weighted by Crippen LogP contribution is 2.31. The molecule has 0 aliphatic carbocycles. The summed E-state index contributed by atoms with van der Waals surface area (Å²) in [4.78, 5) is 25.8. The molecule has 6 heteroatoms. The van der Waals surface area contributed by atoms with Crippen LogP contribution in [0, 0.1) is 5.82 Å². The number of hydrogen-bond donors (Lipinski definition) is 1. The molecule has 0 unspecified atom stereocenters. The molecule has 1 atom stereocenters. The summed E-state index contributed by atoms with van der Waals surface area (Å²) in [7, 11) is 0. The molecule has 5 nitrogen and oxygen atoms in total. The monoisotopic (exact) mass is 342 g/mol. The summed E-state index contributed by atoms with van der Waals surface area (Å²) < 4.78 is 18.3. The average Bonchev–Trinajstić information content (AvgIpc) is 2.61. The lowest BCUT2D eigenvalue weighted by Gasteiger charge is -2.29. The predicted molar refractivity (Wildman–Crippen MR) is 91.9 cm³/mol. The number of fused-ring (bicyclic) bond motifs is 1. The van der Waals surface area contributed by atoms with Crippen LogP contribution in [0.2, 0.25) is 0 Å². The molecule has 3 rings (SSSR count). The topological polar surface area (TPSA) is 58.6 Å². The van der Waals surface area contributed by atoms with Crippen LogP contribution in [-0.2, 0) is 9.59 Å². The van der Waals surface area contributed by atoms with E-state index in [2.05, 4.69) is 5.32 Å². The summed E-state index contributed by atoms with van der Waals surface area (Å²) in [5.41, 5.74) is 1.50. The van der Waals surface area contributed by atoms with Crippen LogP contribution in [0.25, 0.3) is 0 Å². The fourth-order valence-electron chi connectivity index (χ4n) is 2.76. The van der Waals surface area contributed by atoms with Crippen molar-refractivity contribution in [3.63, 3.8) is 0 Å². The third kappa shape index (κ3) is 3.96. The highest BCUT2D eigenvalue weighted by atomic mass is 19.1. The van der Waals surface area contributed by atoms with E-state index in [1.807, 2.05) is 19.1 Å². The van der Waals surface area contributed by atoms with Crippen LogP contribution in [0.3, 0.4) is 0 Å². The molecule has 0 bridgehead atoms. The van der Waals surface area contributed by atoms with Crippen molar-refractivity contribution in [1.29, 1.82) is 0 Å². The minimum absolute atomic E-state index is 0.0232. The number of nitrogens with zero attached hydrogens (tertiary/aromatic N) is 1. The lowest BCUT2D eigenvalue weighted by molar-refractivity contribution is -0.122. The van der Waals surface area contributed by atoms with Crippen molar-refractivity contribution in [2.75, 3.05) is 18.1 Å². The highest BCUT2D eigenvalue weighted by molar-refractivity contribution is 5.98. The van der Waals surface area contributed by atoms with Crippen molar-refractivity contribution in [3.8, 4) is 5.75 Å². The van der Waals surface area contributed by atoms with Gasteiger partial charge in [0.25, 0.3) is 5.91 Å². The largest absolute Gasteiger partial charge is 0.482 e. The lowest BCUT2D eigenvalue weighted by Crippen LogP contribution is -2.41. The number of carbonyl (C=O) groups excluding carboxylic acids is 2. The van der Waals surface area contributed by atoms with Gasteiger partial charge >= 0.3 is 0 Å². The fourth-order valence-corrected chi connectivity index (χ4v) is 2.76. The summed E-state index contributed by atoms with van der Waals surface area (Å²) in [5.74, 6) is -0.0133. The molecular weight excluding hydrogens is 323 g/mol. The molecule has 25 heavy (non-hydrogen) atoms. The Morgan fingerprint density at radius 1 is 1.24 bits per heavy atom. The summed E-state index contributed by atoms with van der Waals surface area (Å²) in [6, 6.07) is 13.0. The molecule has 0 fully saturated rings. The molecule has 130 valence electrons. The van der Waals surface area contributed by atoms with Gasteiger partial charge in [-0.3, -0.25) is 9.59 Å². The summed E-state index contributed by atoms with van der Waals surface area (Å²) in [6.07, 6.45) is 0.172. The van der Waals surface area contributed by atoms with Crippen LogP contribution in [-0.4, -0.2) is 25.0 Å². The highest BCUT2D eigenvalue weighted by Gasteiger charge is 2.25. The van der Waals surface area contributed by atoms with Gasteiger partial charge in [0.2, 0.25) is 5.91 Å². The van der Waals surface area contributed by atoms with Gasteiger partial charge in [0.1, 0.15) is 11.6 Å². The standard InChI is InChI=1S/C19H19FN2O3/c1-13(14-6-8-15(20)9-7-14)21-18(23)10-11-22-16-4-2-3-5-17(16)25-12-19(22)24/h2-9,13H,10-12H2,1H3,(H,21,23)/t13-/m0/s1. The molecule has 0 saturated heterocycles. The minimum Gasteiger partial charge on any atom is -0.482 e. The molecule has 1 N–H and O–H groups in total. The first kappa shape index (κ1) is 17.0. The van der Waals surface area contributed by atoms with Gasteiger partial charge in [-0.25, -0.2) is 4.39 Å². The van der Waals surface area contributed by atoms with E-state index in [1.54, 1.807) is 29.2 Å². The van der Waals surface area contributed by atoms with Crippen LogP contribution in [0.5, 0.6) is 5.75 Å². The number of anilines is 1. The van der Waals surface area contributed by atoms with Gasteiger partial charge in [0.15, 0.2) is 6.61 Å². The summed E-state index contributed by atoms with van der Waals surface area (Å²) in [5, 5.41) is 2.86. The van der Waals surface area contributed by atoms with Crippen LogP contribution in [0.1, 0.15) is 24.9 Å². The van der Waals surface area contributed by atoms with Crippen LogP contribution in [0.4, 0.5) is 10.1 Å². The van der Waals surface area contributed by atoms with E-state index in [0.29, 0.717) is 11.4 Å². The number of para-hydroxylation sites is 2. The van der Waals surface area contributed by atoms with Crippen molar-refractivity contribution in [2.24, 2.45) is 0 Å². The molecule has 0 aromatic heterocycles. The second kappa shape index (κ2) is 7.34. The molecule has 2 aromatic carbocycles. The van der Waals surface area contributed by atoms with Crippen LogP contribution in [0.15, 0.2) is 48.5 Å². The zero-order valence-electron chi connectivity index (χ0n) is 13.9. The Balaban J connectivity index is 1.59. The number of benzene rings is 2. The second-order valence-corrected chi connectivity index (χ2v) is 5.89. The lowest BCUT2D eigenvalue weighted by atomic mass is 10.1. The van der Waals surface area contributed by atoms with Crippen molar-refractivity contribution in [3.05, 3.63) is 59.9 Å². The summed E-state index contributed by atoms with van der Waals surface area (Å²) >= 11 is 0. The van der Waals surface area contributed by atoms with E-state index in [1.165, 1.54) is 12.1 Å². The van der Waals surface area contributed by atoms with Crippen molar-refractivity contribution < 1.29 is 18.7 Å². The normalized spacial score (nSPS) is 14.5. The number of ether oxygens (including phenoxy) is 1. The van der Waals surface area contributed by atoms with E-state index in [9.17, 15) is 14.0 Å². The maximum Gasteiger partial charge on any atom is 0.265 e. The number of carbonyl (C=O) groups is 2. The number of amides is 2. The molecular formula is C19H19FN2O3. The summed E-state index contributed by atoms with van der Waals surface area (Å²) in [6.45, 7) is 2.09. The third-order valence-electron chi connectivity index (χ3n) is 4.12. The fraction of sp³-hybridized carbons (Fsp3) is 0.263. The second-order valence-electron chi connectivity index (χ2n) is 5.89. The maximum atomic E-state index is 13.0. The van der Waals surface area contributed by atoms with Gasteiger partial charge in [-0.15, -0.1) is 0 Å². The molecule has 0 spiro atoms. The van der Waals surface area contributed by atoms with Gasteiger partial charge in [0, 0.05) is 13.0 Å². The minimum atomic E-state index is -0.313. The number of hydrogen-bond acceptors (Lipinski definition) is 3.